The number of likely N-dealkylation sites (tertiary alicyclic amines) is 2. The van der Waals surface area contributed by atoms with Crippen molar-refractivity contribution in [2.75, 3.05) is 39.9 Å². The van der Waals surface area contributed by atoms with Gasteiger partial charge in [0.15, 0.2) is 0 Å². The number of rotatable bonds is 6. The lowest BCUT2D eigenvalue weighted by Gasteiger charge is -2.43. The van der Waals surface area contributed by atoms with Crippen molar-refractivity contribution in [2.24, 2.45) is 23.7 Å². The third kappa shape index (κ3) is 3.95. The smallest absolute Gasteiger partial charge is 0.410 e. The largest absolute Gasteiger partial charge is 0.443 e. The third-order valence-electron chi connectivity index (χ3n) is 9.38. The van der Waals surface area contributed by atoms with Gasteiger partial charge in [0.2, 0.25) is 5.91 Å². The van der Waals surface area contributed by atoms with E-state index in [1.54, 1.807) is 12.0 Å². The first-order chi connectivity index (χ1) is 17.0. The number of nitrogens with zero attached hydrogens (tertiary/aromatic N) is 2. The SMILES string of the molecule is CO[C@@H]1[C@H](OC(=O)N2C[C@@H]3[C@H](C2)[C@H]3C(=O)N2CC(F)(F)C2)CC[C@]2(CO2)[C@H]1[C@@]1(C)O[C@@H]1CC=C(C)C. The molecule has 0 bridgehead atoms. The zero-order valence-corrected chi connectivity index (χ0v) is 21.4. The van der Waals surface area contributed by atoms with E-state index < -0.39 is 36.8 Å². The van der Waals surface area contributed by atoms with Gasteiger partial charge in [-0.2, -0.15) is 0 Å². The molecule has 200 valence electrons. The summed E-state index contributed by atoms with van der Waals surface area (Å²) >= 11 is 0. The lowest BCUT2D eigenvalue weighted by atomic mass is 9.68. The van der Waals surface area contributed by atoms with Gasteiger partial charge < -0.3 is 28.7 Å². The topological polar surface area (TPSA) is 84.1 Å². The summed E-state index contributed by atoms with van der Waals surface area (Å²) in [5, 5.41) is 0. The van der Waals surface area contributed by atoms with Crippen molar-refractivity contribution in [3.8, 4) is 0 Å². The van der Waals surface area contributed by atoms with E-state index in [1.165, 1.54) is 10.5 Å². The maximum absolute atomic E-state index is 13.1. The van der Waals surface area contributed by atoms with Crippen LogP contribution in [-0.2, 0) is 23.7 Å². The predicted octanol–water partition coefficient (Wildman–Crippen LogP) is 2.85. The number of hydrogen-bond acceptors (Lipinski definition) is 6. The van der Waals surface area contributed by atoms with Gasteiger partial charge in [-0.1, -0.05) is 11.6 Å². The van der Waals surface area contributed by atoms with Crippen LogP contribution in [0, 0.1) is 23.7 Å². The third-order valence-corrected chi connectivity index (χ3v) is 9.38. The van der Waals surface area contributed by atoms with Gasteiger partial charge in [0, 0.05) is 26.1 Å². The Bertz CT molecular complexity index is 961. The number of allylic oxidation sites excluding steroid dienone is 1. The van der Waals surface area contributed by atoms with Crippen molar-refractivity contribution in [1.29, 1.82) is 0 Å². The highest BCUT2D eigenvalue weighted by Crippen LogP contribution is 2.60. The molecular formula is C26H36F2N2O6. The normalized spacial score (nSPS) is 45.6. The van der Waals surface area contributed by atoms with E-state index in [-0.39, 0.29) is 47.4 Å². The molecule has 4 aliphatic heterocycles. The summed E-state index contributed by atoms with van der Waals surface area (Å²) in [4.78, 5) is 28.5. The molecule has 0 unspecified atom stereocenters. The van der Waals surface area contributed by atoms with Gasteiger partial charge in [-0.15, -0.1) is 0 Å². The molecule has 2 aliphatic carbocycles. The molecule has 36 heavy (non-hydrogen) atoms. The number of methoxy groups -OCH3 is 1. The number of carbonyl (C=O) groups is 2. The molecule has 0 aromatic heterocycles. The molecule has 0 aromatic carbocycles. The Morgan fingerprint density at radius 3 is 2.36 bits per heavy atom. The van der Waals surface area contributed by atoms with Crippen molar-refractivity contribution >= 4 is 12.0 Å². The van der Waals surface area contributed by atoms with E-state index in [0.717, 1.165) is 12.8 Å². The Balaban J connectivity index is 1.06. The van der Waals surface area contributed by atoms with Gasteiger partial charge in [-0.25, -0.2) is 13.6 Å². The van der Waals surface area contributed by atoms with Crippen LogP contribution in [0.4, 0.5) is 13.6 Å². The molecule has 0 radical (unpaired) electrons. The molecule has 2 saturated carbocycles. The van der Waals surface area contributed by atoms with Crippen LogP contribution in [0.25, 0.3) is 0 Å². The highest BCUT2D eigenvalue weighted by Gasteiger charge is 2.72. The first-order valence-corrected chi connectivity index (χ1v) is 13.1. The van der Waals surface area contributed by atoms with Crippen LogP contribution in [0.3, 0.4) is 0 Å². The zero-order chi connectivity index (χ0) is 25.6. The van der Waals surface area contributed by atoms with Crippen molar-refractivity contribution < 1.29 is 37.3 Å². The van der Waals surface area contributed by atoms with Crippen molar-refractivity contribution in [3.63, 3.8) is 0 Å². The van der Waals surface area contributed by atoms with Gasteiger partial charge in [0.05, 0.1) is 31.7 Å². The summed E-state index contributed by atoms with van der Waals surface area (Å²) in [5.74, 6) is -3.17. The first kappa shape index (κ1) is 24.6. The Hall–Kier alpha value is -1.78. The zero-order valence-electron chi connectivity index (χ0n) is 21.4. The lowest BCUT2D eigenvalue weighted by molar-refractivity contribution is -0.167. The molecule has 6 aliphatic rings. The number of piperidine rings is 1. The standard InChI is InChI=1S/C26H36F2N2O6/c1-14(2)5-6-18-24(3,36-18)21-20(33-4)17(7-8-25(21)13-34-25)35-23(32)29-9-15-16(10-29)19(15)22(31)30-11-26(27,28)12-30/h5,15-21H,6-13H2,1-4H3/t15-,16+,17-,18-,19+,20-,21-,24+,25+/m1/s1. The van der Waals surface area contributed by atoms with Crippen LogP contribution in [0.5, 0.6) is 0 Å². The Morgan fingerprint density at radius 2 is 1.81 bits per heavy atom. The monoisotopic (exact) mass is 510 g/mol. The van der Waals surface area contributed by atoms with E-state index in [1.807, 2.05) is 0 Å². The second-order valence-corrected chi connectivity index (χ2v) is 12.1. The maximum atomic E-state index is 13.1. The molecule has 4 saturated heterocycles. The van der Waals surface area contributed by atoms with Crippen LogP contribution in [0.15, 0.2) is 11.6 Å². The minimum atomic E-state index is -2.76. The minimum absolute atomic E-state index is 0.0364. The fourth-order valence-corrected chi connectivity index (χ4v) is 7.19. The molecule has 6 fully saturated rings. The molecule has 4 heterocycles. The molecule has 1 spiro atoms. The minimum Gasteiger partial charge on any atom is -0.443 e. The number of hydrogen-bond donors (Lipinski definition) is 0. The highest BCUT2D eigenvalue weighted by atomic mass is 19.3. The van der Waals surface area contributed by atoms with Crippen molar-refractivity contribution in [1.82, 2.24) is 9.80 Å². The van der Waals surface area contributed by atoms with Crippen molar-refractivity contribution in [2.45, 2.75) is 75.5 Å². The summed E-state index contributed by atoms with van der Waals surface area (Å²) in [6.07, 6.45) is 3.38. The summed E-state index contributed by atoms with van der Waals surface area (Å²) in [6.45, 7) is 6.80. The van der Waals surface area contributed by atoms with Crippen LogP contribution < -0.4 is 0 Å². The number of carbonyl (C=O) groups excluding carboxylic acids is 2. The molecule has 10 heteroatoms. The molecule has 6 rings (SSSR count). The average molecular weight is 511 g/mol. The van der Waals surface area contributed by atoms with E-state index in [9.17, 15) is 18.4 Å². The molecule has 9 atom stereocenters. The van der Waals surface area contributed by atoms with Gasteiger partial charge in [-0.3, -0.25) is 4.79 Å². The summed E-state index contributed by atoms with van der Waals surface area (Å²) in [6, 6.07) is 0. The first-order valence-electron chi connectivity index (χ1n) is 13.1. The summed E-state index contributed by atoms with van der Waals surface area (Å²) < 4.78 is 50.4. The van der Waals surface area contributed by atoms with E-state index in [2.05, 4.69) is 26.8 Å². The number of amides is 2. The quantitative estimate of drug-likeness (QED) is 0.404. The van der Waals surface area contributed by atoms with E-state index >= 15 is 0 Å². The van der Waals surface area contributed by atoms with Gasteiger partial charge in [0.1, 0.15) is 23.4 Å². The van der Waals surface area contributed by atoms with Gasteiger partial charge in [0.25, 0.3) is 5.92 Å². The Labute approximate surface area is 210 Å². The lowest BCUT2D eigenvalue weighted by Crippen LogP contribution is -2.59. The van der Waals surface area contributed by atoms with Crippen molar-refractivity contribution in [3.05, 3.63) is 11.6 Å². The number of ether oxygens (including phenoxy) is 4. The van der Waals surface area contributed by atoms with E-state index in [4.69, 9.17) is 18.9 Å². The van der Waals surface area contributed by atoms with Crippen LogP contribution >= 0.6 is 0 Å². The second kappa shape index (κ2) is 8.11. The van der Waals surface area contributed by atoms with Gasteiger partial charge in [-0.05, 0) is 51.9 Å². The van der Waals surface area contributed by atoms with Crippen LogP contribution in [0.2, 0.25) is 0 Å². The van der Waals surface area contributed by atoms with Crippen LogP contribution in [0.1, 0.15) is 40.0 Å². The second-order valence-electron chi connectivity index (χ2n) is 12.1. The average Bonchev–Trinajstić information content (AvgIpc) is 3.76. The molecular weight excluding hydrogens is 474 g/mol. The Kier molecular flexibility index (Phi) is 5.53. The number of epoxide rings is 2. The molecule has 2 amide bonds. The van der Waals surface area contributed by atoms with Crippen LogP contribution in [-0.4, -0.2) is 97.1 Å². The maximum Gasteiger partial charge on any atom is 0.410 e. The molecule has 0 N–H and O–H groups in total. The predicted molar refractivity (Wildman–Crippen MR) is 123 cm³/mol. The fourth-order valence-electron chi connectivity index (χ4n) is 7.19. The number of halogens is 2. The number of alkyl halides is 2. The number of fused-ring (bicyclic) bond motifs is 1. The van der Waals surface area contributed by atoms with Gasteiger partial charge >= 0.3 is 6.09 Å². The fraction of sp³-hybridized carbons (Fsp3) is 0.846. The van der Waals surface area contributed by atoms with E-state index in [0.29, 0.717) is 26.1 Å². The summed E-state index contributed by atoms with van der Waals surface area (Å²) in [5.41, 5.74) is 0.568. The molecule has 8 nitrogen and oxygen atoms in total. The molecule has 0 aromatic rings. The Morgan fingerprint density at radius 1 is 1.14 bits per heavy atom. The highest BCUT2D eigenvalue weighted by molar-refractivity contribution is 5.84. The summed E-state index contributed by atoms with van der Waals surface area (Å²) in [7, 11) is 1.65.